The van der Waals surface area contributed by atoms with Crippen LogP contribution in [0, 0.1) is 29.6 Å². The summed E-state index contributed by atoms with van der Waals surface area (Å²) in [5, 5.41) is 22.4. The first-order chi connectivity index (χ1) is 13.0. The van der Waals surface area contributed by atoms with Crippen LogP contribution in [0.25, 0.3) is 5.57 Å². The highest BCUT2D eigenvalue weighted by Gasteiger charge is 2.59. The molecule has 2 heterocycles. The van der Waals surface area contributed by atoms with E-state index in [2.05, 4.69) is 41.4 Å². The third-order valence-corrected chi connectivity index (χ3v) is 5.43. The lowest BCUT2D eigenvalue weighted by Crippen LogP contribution is -2.32. The SMILES string of the molecule is CC(=N)/C=C(\C=N)c1cc(N2C(=O)C(Cc3ccc(C)cc3)C3CC32)n[nH]1. The van der Waals surface area contributed by atoms with Gasteiger partial charge in [-0.3, -0.25) is 14.8 Å². The number of nitrogens with one attached hydrogen (secondary N) is 3. The summed E-state index contributed by atoms with van der Waals surface area (Å²) in [5.74, 6) is 1.17. The van der Waals surface area contributed by atoms with Crippen molar-refractivity contribution in [3.63, 3.8) is 0 Å². The van der Waals surface area contributed by atoms with Gasteiger partial charge in [0.1, 0.15) is 0 Å². The summed E-state index contributed by atoms with van der Waals surface area (Å²) in [6.07, 6.45) is 4.60. The minimum absolute atomic E-state index is 0.0134. The number of aromatic nitrogens is 2. The Morgan fingerprint density at radius 2 is 2.11 bits per heavy atom. The Bertz CT molecular complexity index is 940. The van der Waals surface area contributed by atoms with Crippen molar-refractivity contribution in [3.8, 4) is 0 Å². The molecule has 2 aliphatic rings. The monoisotopic (exact) mass is 361 g/mol. The van der Waals surface area contributed by atoms with E-state index in [0.29, 0.717) is 28.7 Å². The van der Waals surface area contributed by atoms with Gasteiger partial charge >= 0.3 is 0 Å². The third-order valence-electron chi connectivity index (χ3n) is 5.43. The lowest BCUT2D eigenvalue weighted by Gasteiger charge is -2.18. The summed E-state index contributed by atoms with van der Waals surface area (Å²) in [4.78, 5) is 14.8. The third kappa shape index (κ3) is 3.23. The minimum atomic E-state index is 0.0134. The van der Waals surface area contributed by atoms with Gasteiger partial charge in [-0.25, -0.2) is 0 Å². The van der Waals surface area contributed by atoms with Crippen molar-refractivity contribution in [1.29, 1.82) is 10.8 Å². The highest BCUT2D eigenvalue weighted by atomic mass is 16.2. The quantitative estimate of drug-likeness (QED) is 0.688. The van der Waals surface area contributed by atoms with Gasteiger partial charge in [0.05, 0.1) is 5.69 Å². The number of amides is 1. The fourth-order valence-corrected chi connectivity index (χ4v) is 3.97. The minimum Gasteiger partial charge on any atom is -0.308 e. The fraction of sp³-hybridized carbons (Fsp3) is 0.333. The topological polar surface area (TPSA) is 96.7 Å². The second-order valence-corrected chi connectivity index (χ2v) is 7.54. The molecule has 2 fully saturated rings. The molecule has 3 N–H and O–H groups in total. The van der Waals surface area contributed by atoms with E-state index in [9.17, 15) is 4.79 Å². The lowest BCUT2D eigenvalue weighted by molar-refractivity contribution is -0.121. The number of carbonyl (C=O) groups is 1. The van der Waals surface area contributed by atoms with Crippen molar-refractivity contribution in [1.82, 2.24) is 10.2 Å². The Balaban J connectivity index is 1.54. The van der Waals surface area contributed by atoms with Crippen LogP contribution in [0.1, 0.15) is 30.2 Å². The molecule has 6 heteroatoms. The van der Waals surface area contributed by atoms with Crippen molar-refractivity contribution in [2.75, 3.05) is 4.90 Å². The molecule has 6 nitrogen and oxygen atoms in total. The number of nitrogens with zero attached hydrogens (tertiary/aromatic N) is 2. The van der Waals surface area contributed by atoms with Gasteiger partial charge in [-0.05, 0) is 44.2 Å². The normalized spacial score (nSPS) is 24.1. The molecule has 0 spiro atoms. The van der Waals surface area contributed by atoms with E-state index in [4.69, 9.17) is 10.8 Å². The van der Waals surface area contributed by atoms with Crippen molar-refractivity contribution < 1.29 is 4.79 Å². The second kappa shape index (κ2) is 6.61. The molecular formula is C21H23N5O. The predicted molar refractivity (Wildman–Crippen MR) is 107 cm³/mol. The molecule has 1 aromatic carbocycles. The molecule has 138 valence electrons. The maximum absolute atomic E-state index is 13.0. The van der Waals surface area contributed by atoms with E-state index in [1.54, 1.807) is 19.1 Å². The van der Waals surface area contributed by atoms with Crippen LogP contribution in [0.2, 0.25) is 0 Å². The van der Waals surface area contributed by atoms with E-state index in [1.165, 1.54) is 17.3 Å². The number of aryl methyl sites for hydroxylation is 1. The van der Waals surface area contributed by atoms with Gasteiger partial charge < -0.3 is 10.8 Å². The summed E-state index contributed by atoms with van der Waals surface area (Å²) >= 11 is 0. The van der Waals surface area contributed by atoms with Crippen molar-refractivity contribution in [3.05, 3.63) is 53.2 Å². The molecule has 1 saturated carbocycles. The first kappa shape index (κ1) is 17.4. The molecule has 4 rings (SSSR count). The number of benzene rings is 1. The molecule has 1 amide bonds. The van der Waals surface area contributed by atoms with Gasteiger partial charge in [0, 0.05) is 35.5 Å². The van der Waals surface area contributed by atoms with E-state index >= 15 is 0 Å². The number of piperidine rings is 1. The summed E-state index contributed by atoms with van der Waals surface area (Å²) in [6, 6.07) is 10.4. The van der Waals surface area contributed by atoms with Crippen LogP contribution in [0.4, 0.5) is 5.82 Å². The number of H-pyrrole nitrogens is 1. The number of anilines is 1. The van der Waals surface area contributed by atoms with Gasteiger partial charge in [-0.15, -0.1) is 0 Å². The number of rotatable bonds is 6. The zero-order valence-corrected chi connectivity index (χ0v) is 15.5. The Hall–Kier alpha value is -3.02. The molecule has 1 aromatic heterocycles. The number of hydrogen-bond donors (Lipinski definition) is 3. The first-order valence-corrected chi connectivity index (χ1v) is 9.19. The van der Waals surface area contributed by atoms with E-state index in [1.807, 2.05) is 4.90 Å². The lowest BCUT2D eigenvalue weighted by atomic mass is 9.95. The summed E-state index contributed by atoms with van der Waals surface area (Å²) < 4.78 is 0. The van der Waals surface area contributed by atoms with E-state index in [0.717, 1.165) is 12.8 Å². The predicted octanol–water partition coefficient (Wildman–Crippen LogP) is 3.38. The van der Waals surface area contributed by atoms with Crippen molar-refractivity contribution in [2.45, 2.75) is 32.7 Å². The van der Waals surface area contributed by atoms with Crippen LogP contribution in [0.3, 0.4) is 0 Å². The van der Waals surface area contributed by atoms with Crippen LogP contribution in [-0.4, -0.2) is 34.1 Å². The highest BCUT2D eigenvalue weighted by Crippen LogP contribution is 2.51. The van der Waals surface area contributed by atoms with Crippen LogP contribution in [0.15, 0.2) is 36.4 Å². The molecule has 27 heavy (non-hydrogen) atoms. The molecule has 1 aliphatic carbocycles. The molecule has 3 atom stereocenters. The Morgan fingerprint density at radius 3 is 2.78 bits per heavy atom. The average Bonchev–Trinajstić information content (AvgIpc) is 3.15. The number of fused-ring (bicyclic) bond motifs is 1. The molecule has 1 aliphatic heterocycles. The molecule has 0 bridgehead atoms. The summed E-state index contributed by atoms with van der Waals surface area (Å²) in [6.45, 7) is 3.73. The fourth-order valence-electron chi connectivity index (χ4n) is 3.97. The standard InChI is InChI=1S/C21H23N5O/c1-12-3-5-14(6-4-12)8-17-16-9-19(16)26(21(17)27)20-10-18(24-25-20)15(11-22)7-13(2)23/h3-7,10-11,16-17,19,22-23H,8-9H2,1-2H3,(H,24,25)/b15-7+,22-11?,23-13?. The van der Waals surface area contributed by atoms with Gasteiger partial charge in [0.15, 0.2) is 5.82 Å². The van der Waals surface area contributed by atoms with Crippen LogP contribution in [0.5, 0.6) is 0 Å². The van der Waals surface area contributed by atoms with Crippen LogP contribution < -0.4 is 4.90 Å². The molecule has 3 unspecified atom stereocenters. The van der Waals surface area contributed by atoms with Gasteiger partial charge in [-0.2, -0.15) is 5.10 Å². The Kier molecular flexibility index (Phi) is 4.26. The maximum atomic E-state index is 13.0. The van der Waals surface area contributed by atoms with E-state index in [-0.39, 0.29) is 17.9 Å². The molecular weight excluding hydrogens is 338 g/mol. The number of hydrogen-bond acceptors (Lipinski definition) is 4. The zero-order valence-electron chi connectivity index (χ0n) is 15.5. The van der Waals surface area contributed by atoms with Gasteiger partial charge in [0.2, 0.25) is 5.91 Å². The van der Waals surface area contributed by atoms with Crippen LogP contribution in [-0.2, 0) is 11.2 Å². The number of carbonyl (C=O) groups excluding carboxylic acids is 1. The molecule has 1 saturated heterocycles. The smallest absolute Gasteiger partial charge is 0.232 e. The summed E-state index contributed by atoms with van der Waals surface area (Å²) in [5.41, 5.74) is 4.02. The summed E-state index contributed by atoms with van der Waals surface area (Å²) in [7, 11) is 0. The zero-order chi connectivity index (χ0) is 19.1. The average molecular weight is 361 g/mol. The Labute approximate surface area is 158 Å². The van der Waals surface area contributed by atoms with Gasteiger partial charge in [-0.1, -0.05) is 29.8 Å². The second-order valence-electron chi connectivity index (χ2n) is 7.54. The van der Waals surface area contributed by atoms with E-state index < -0.39 is 0 Å². The molecule has 0 radical (unpaired) electrons. The first-order valence-electron chi connectivity index (χ1n) is 9.19. The molecule has 2 aromatic rings. The largest absolute Gasteiger partial charge is 0.308 e. The maximum Gasteiger partial charge on any atom is 0.232 e. The Morgan fingerprint density at radius 1 is 1.37 bits per heavy atom. The van der Waals surface area contributed by atoms with Crippen LogP contribution >= 0.6 is 0 Å². The van der Waals surface area contributed by atoms with Gasteiger partial charge in [0.25, 0.3) is 0 Å². The van der Waals surface area contributed by atoms with Crippen molar-refractivity contribution in [2.24, 2.45) is 11.8 Å². The number of aromatic amines is 1. The van der Waals surface area contributed by atoms with Crippen molar-refractivity contribution >= 4 is 29.2 Å². The number of allylic oxidation sites excluding steroid dienone is 2. The highest BCUT2D eigenvalue weighted by molar-refractivity contribution is 6.15.